The summed E-state index contributed by atoms with van der Waals surface area (Å²) in [6.45, 7) is 4.19. The summed E-state index contributed by atoms with van der Waals surface area (Å²) in [5.41, 5.74) is 7.19. The Hall–Kier alpha value is -1.13. The minimum atomic E-state index is -0.151. The average Bonchev–Trinajstić information content (AvgIpc) is 2.41. The molecule has 0 aliphatic carbocycles. The first-order valence-corrected chi connectivity index (χ1v) is 7.10. The van der Waals surface area contributed by atoms with Gasteiger partial charge < -0.3 is 0 Å². The molecule has 1 unspecified atom stereocenters. The molecule has 20 heavy (non-hydrogen) atoms. The molecule has 1 atom stereocenters. The summed E-state index contributed by atoms with van der Waals surface area (Å²) in [7, 11) is 0. The van der Waals surface area contributed by atoms with Gasteiger partial charge in [0.05, 0.1) is 21.8 Å². The van der Waals surface area contributed by atoms with Crippen LogP contribution < -0.4 is 11.3 Å². The van der Waals surface area contributed by atoms with Crippen LogP contribution in [-0.2, 0) is 6.42 Å². The Morgan fingerprint density at radius 1 is 1.20 bits per heavy atom. The summed E-state index contributed by atoms with van der Waals surface area (Å²) in [6, 6.07) is 7.88. The van der Waals surface area contributed by atoms with Crippen molar-refractivity contribution in [3.05, 3.63) is 62.9 Å². The number of nitrogens with one attached hydrogen (secondary N) is 1. The largest absolute Gasteiger partial charge is 0.271 e. The Labute approximate surface area is 129 Å². The van der Waals surface area contributed by atoms with Crippen LogP contribution in [0.1, 0.15) is 28.4 Å². The zero-order valence-electron chi connectivity index (χ0n) is 11.5. The van der Waals surface area contributed by atoms with Crippen molar-refractivity contribution in [2.24, 2.45) is 5.84 Å². The Kier molecular flexibility index (Phi) is 5.00. The number of aromatic nitrogens is 1. The van der Waals surface area contributed by atoms with Gasteiger partial charge in [0.2, 0.25) is 0 Å². The molecular weight excluding hydrogens is 293 g/mol. The standard InChI is InChI=1S/C15H17Cl2N3/c1-9-3-4-11(5-10(9)2)6-14(20-18)15-13(17)7-12(16)8-19-15/h3-5,7-8,14,20H,6,18H2,1-2H3. The number of nitrogens with two attached hydrogens (primary N) is 1. The zero-order valence-corrected chi connectivity index (χ0v) is 13.0. The maximum atomic E-state index is 6.18. The molecule has 2 aromatic rings. The summed E-state index contributed by atoms with van der Waals surface area (Å²) < 4.78 is 0. The smallest absolute Gasteiger partial charge is 0.0777 e. The third-order valence-electron chi connectivity index (χ3n) is 3.38. The first kappa shape index (κ1) is 15.3. The van der Waals surface area contributed by atoms with Crippen molar-refractivity contribution in [3.63, 3.8) is 0 Å². The SMILES string of the molecule is Cc1ccc(CC(NN)c2ncc(Cl)cc2Cl)cc1C. The number of hydrogen-bond donors (Lipinski definition) is 2. The van der Waals surface area contributed by atoms with Gasteiger partial charge in [-0.25, -0.2) is 0 Å². The summed E-state index contributed by atoms with van der Waals surface area (Å²) in [5, 5.41) is 1.03. The predicted octanol–water partition coefficient (Wildman–Crippen LogP) is 3.75. The lowest BCUT2D eigenvalue weighted by molar-refractivity contribution is 0.538. The topological polar surface area (TPSA) is 50.9 Å². The average molecular weight is 310 g/mol. The molecule has 1 aromatic heterocycles. The summed E-state index contributed by atoms with van der Waals surface area (Å²) in [5.74, 6) is 5.65. The number of aryl methyl sites for hydroxylation is 2. The molecule has 0 spiro atoms. The first-order valence-electron chi connectivity index (χ1n) is 6.34. The van der Waals surface area contributed by atoms with Crippen molar-refractivity contribution in [3.8, 4) is 0 Å². The maximum Gasteiger partial charge on any atom is 0.0777 e. The molecule has 0 amide bonds. The van der Waals surface area contributed by atoms with Gasteiger partial charge >= 0.3 is 0 Å². The molecule has 0 fully saturated rings. The van der Waals surface area contributed by atoms with Crippen molar-refractivity contribution < 1.29 is 0 Å². The van der Waals surface area contributed by atoms with Gasteiger partial charge in [-0.15, -0.1) is 0 Å². The van der Waals surface area contributed by atoms with Gasteiger partial charge in [0.25, 0.3) is 0 Å². The molecule has 106 valence electrons. The predicted molar refractivity (Wildman–Crippen MR) is 83.9 cm³/mol. The molecule has 1 heterocycles. The number of hydrogen-bond acceptors (Lipinski definition) is 3. The van der Waals surface area contributed by atoms with Crippen molar-refractivity contribution in [1.82, 2.24) is 10.4 Å². The number of rotatable bonds is 4. The Morgan fingerprint density at radius 2 is 1.95 bits per heavy atom. The lowest BCUT2D eigenvalue weighted by Crippen LogP contribution is -2.30. The number of benzene rings is 1. The molecule has 5 heteroatoms. The normalized spacial score (nSPS) is 12.4. The van der Waals surface area contributed by atoms with Crippen molar-refractivity contribution in [2.75, 3.05) is 0 Å². The Balaban J connectivity index is 2.26. The van der Waals surface area contributed by atoms with Gasteiger partial charge in [-0.2, -0.15) is 0 Å². The first-order chi connectivity index (χ1) is 9.51. The molecule has 3 nitrogen and oxygen atoms in total. The molecule has 0 aliphatic heterocycles. The lowest BCUT2D eigenvalue weighted by atomic mass is 9.99. The van der Waals surface area contributed by atoms with E-state index in [0.29, 0.717) is 22.2 Å². The van der Waals surface area contributed by atoms with E-state index < -0.39 is 0 Å². The fraction of sp³-hybridized carbons (Fsp3) is 0.267. The van der Waals surface area contributed by atoms with E-state index in [2.05, 4.69) is 42.5 Å². The summed E-state index contributed by atoms with van der Waals surface area (Å²) in [4.78, 5) is 4.28. The highest BCUT2D eigenvalue weighted by atomic mass is 35.5. The fourth-order valence-electron chi connectivity index (χ4n) is 2.08. The van der Waals surface area contributed by atoms with E-state index >= 15 is 0 Å². The highest BCUT2D eigenvalue weighted by Gasteiger charge is 2.16. The second-order valence-corrected chi connectivity index (χ2v) is 5.71. The second-order valence-electron chi connectivity index (χ2n) is 4.86. The molecule has 0 saturated heterocycles. The van der Waals surface area contributed by atoms with Gasteiger partial charge in [0.1, 0.15) is 0 Å². The van der Waals surface area contributed by atoms with Crippen molar-refractivity contribution >= 4 is 23.2 Å². The number of hydrazine groups is 1. The van der Waals surface area contributed by atoms with Crippen LogP contribution in [0, 0.1) is 13.8 Å². The molecule has 2 rings (SSSR count). The van der Waals surface area contributed by atoms with Crippen LogP contribution in [0.4, 0.5) is 0 Å². The lowest BCUT2D eigenvalue weighted by Gasteiger charge is -2.17. The van der Waals surface area contributed by atoms with E-state index in [9.17, 15) is 0 Å². The van der Waals surface area contributed by atoms with Crippen LogP contribution in [0.3, 0.4) is 0 Å². The molecule has 3 N–H and O–H groups in total. The zero-order chi connectivity index (χ0) is 14.7. The van der Waals surface area contributed by atoms with Gasteiger partial charge in [0.15, 0.2) is 0 Å². The minimum Gasteiger partial charge on any atom is -0.271 e. The van der Waals surface area contributed by atoms with E-state index in [0.717, 1.165) is 0 Å². The van der Waals surface area contributed by atoms with Gasteiger partial charge in [-0.1, -0.05) is 41.4 Å². The maximum absolute atomic E-state index is 6.18. The molecule has 0 saturated carbocycles. The third-order valence-corrected chi connectivity index (χ3v) is 3.89. The molecule has 0 bridgehead atoms. The highest BCUT2D eigenvalue weighted by molar-refractivity contribution is 6.34. The molecule has 0 radical (unpaired) electrons. The minimum absolute atomic E-state index is 0.151. The quantitative estimate of drug-likeness (QED) is 0.668. The number of pyridine rings is 1. The van der Waals surface area contributed by atoms with E-state index in [1.807, 2.05) is 0 Å². The highest BCUT2D eigenvalue weighted by Crippen LogP contribution is 2.26. The van der Waals surface area contributed by atoms with E-state index in [1.54, 1.807) is 12.3 Å². The van der Waals surface area contributed by atoms with Crippen LogP contribution in [0.25, 0.3) is 0 Å². The number of nitrogens with zero attached hydrogens (tertiary/aromatic N) is 1. The van der Waals surface area contributed by atoms with E-state index in [4.69, 9.17) is 29.0 Å². The molecule has 1 aromatic carbocycles. The van der Waals surface area contributed by atoms with Gasteiger partial charge in [-0.05, 0) is 43.0 Å². The number of halogens is 2. The van der Waals surface area contributed by atoms with Gasteiger partial charge in [0, 0.05) is 6.20 Å². The summed E-state index contributed by atoms with van der Waals surface area (Å²) >= 11 is 12.0. The third kappa shape index (κ3) is 3.49. The van der Waals surface area contributed by atoms with Crippen LogP contribution in [0.5, 0.6) is 0 Å². The van der Waals surface area contributed by atoms with E-state index in [1.165, 1.54) is 16.7 Å². The molecule has 0 aliphatic rings. The van der Waals surface area contributed by atoms with Gasteiger partial charge in [-0.3, -0.25) is 16.3 Å². The molecular formula is C15H17Cl2N3. The Bertz CT molecular complexity index is 614. The van der Waals surface area contributed by atoms with E-state index in [-0.39, 0.29) is 6.04 Å². The second kappa shape index (κ2) is 6.55. The van der Waals surface area contributed by atoms with Crippen LogP contribution >= 0.6 is 23.2 Å². The van der Waals surface area contributed by atoms with Crippen LogP contribution in [0.15, 0.2) is 30.5 Å². The monoisotopic (exact) mass is 309 g/mol. The fourth-order valence-corrected chi connectivity index (χ4v) is 2.59. The Morgan fingerprint density at radius 3 is 2.55 bits per heavy atom. The summed E-state index contributed by atoms with van der Waals surface area (Å²) in [6.07, 6.45) is 2.29. The van der Waals surface area contributed by atoms with Crippen LogP contribution in [-0.4, -0.2) is 4.98 Å². The van der Waals surface area contributed by atoms with Crippen molar-refractivity contribution in [1.29, 1.82) is 0 Å². The van der Waals surface area contributed by atoms with Crippen molar-refractivity contribution in [2.45, 2.75) is 26.3 Å². The van der Waals surface area contributed by atoms with Crippen LogP contribution in [0.2, 0.25) is 10.0 Å².